The number of rotatable bonds is 4. The molecule has 0 unspecified atom stereocenters. The molecular weight excluding hydrogens is 323 g/mol. The van der Waals surface area contributed by atoms with Crippen molar-refractivity contribution in [1.82, 2.24) is 9.78 Å². The number of hydrogen-bond donors (Lipinski definition) is 1. The molecule has 23 heavy (non-hydrogen) atoms. The fraction of sp³-hybridized carbons (Fsp3) is 0.125. The largest absolute Gasteiger partial charge is 0.497 e. The molecule has 0 atom stereocenters. The summed E-state index contributed by atoms with van der Waals surface area (Å²) in [7, 11) is 1.52. The smallest absolute Gasteiger partial charge is 0.357 e. The van der Waals surface area contributed by atoms with Crippen LogP contribution in [0.5, 0.6) is 5.75 Å². The van der Waals surface area contributed by atoms with Crippen molar-refractivity contribution in [3.05, 3.63) is 58.5 Å². The number of halogens is 2. The fourth-order valence-electron chi connectivity index (χ4n) is 2.37. The van der Waals surface area contributed by atoms with Crippen LogP contribution in [0.15, 0.2) is 36.4 Å². The summed E-state index contributed by atoms with van der Waals surface area (Å²) in [5, 5.41) is 14.2. The first-order chi connectivity index (χ1) is 11.0. The Kier molecular flexibility index (Phi) is 3.92. The van der Waals surface area contributed by atoms with Crippen molar-refractivity contribution in [2.24, 2.45) is 0 Å². The van der Waals surface area contributed by atoms with Crippen LogP contribution >= 0.6 is 11.6 Å². The third-order valence-corrected chi connectivity index (χ3v) is 3.85. The third kappa shape index (κ3) is 2.85. The minimum atomic E-state index is -1.12. The maximum atomic E-state index is 13.1. The molecule has 1 heterocycles. The predicted octanol–water partition coefficient (Wildman–Crippen LogP) is 3.58. The van der Waals surface area contributed by atoms with E-state index in [1.807, 2.05) is 0 Å². The first-order valence-electron chi connectivity index (χ1n) is 6.71. The Balaban J connectivity index is 2.14. The van der Waals surface area contributed by atoms with Gasteiger partial charge in [-0.2, -0.15) is 5.10 Å². The molecule has 118 valence electrons. The number of aromatic nitrogens is 2. The Bertz CT molecular complexity index is 908. The number of fused-ring (bicyclic) bond motifs is 1. The molecule has 3 aromatic rings. The zero-order valence-corrected chi connectivity index (χ0v) is 12.8. The second kappa shape index (κ2) is 5.89. The molecule has 5 nitrogen and oxygen atoms in total. The second-order valence-electron chi connectivity index (χ2n) is 4.93. The third-order valence-electron chi connectivity index (χ3n) is 3.50. The molecule has 0 fully saturated rings. The maximum absolute atomic E-state index is 13.1. The van der Waals surface area contributed by atoms with Crippen molar-refractivity contribution in [3.63, 3.8) is 0 Å². The van der Waals surface area contributed by atoms with E-state index in [0.717, 1.165) is 0 Å². The van der Waals surface area contributed by atoms with Gasteiger partial charge in [-0.05, 0) is 29.8 Å². The molecular formula is C16H12ClFN2O3. The summed E-state index contributed by atoms with van der Waals surface area (Å²) in [6.45, 7) is 0.218. The molecule has 0 amide bonds. The lowest BCUT2D eigenvalue weighted by Crippen LogP contribution is -2.05. The van der Waals surface area contributed by atoms with Gasteiger partial charge in [-0.25, -0.2) is 9.18 Å². The summed E-state index contributed by atoms with van der Waals surface area (Å²) in [6, 6.07) is 9.07. The summed E-state index contributed by atoms with van der Waals surface area (Å²) >= 11 is 6.04. The standard InChI is InChI=1S/C16H12ClFN2O3/c1-23-11-4-5-12-14(7-11)20(19-15(12)16(21)22)8-9-2-3-10(18)6-13(9)17/h2-7H,8H2,1H3,(H,21,22). The van der Waals surface area contributed by atoms with Gasteiger partial charge in [0, 0.05) is 16.5 Å². The molecule has 3 rings (SSSR count). The van der Waals surface area contributed by atoms with Gasteiger partial charge < -0.3 is 9.84 Å². The van der Waals surface area contributed by atoms with Crippen LogP contribution in [0.1, 0.15) is 16.1 Å². The van der Waals surface area contributed by atoms with Crippen LogP contribution < -0.4 is 4.74 Å². The van der Waals surface area contributed by atoms with Crippen molar-refractivity contribution < 1.29 is 19.0 Å². The van der Waals surface area contributed by atoms with E-state index in [0.29, 0.717) is 22.2 Å². The average Bonchev–Trinajstić information content (AvgIpc) is 2.88. The van der Waals surface area contributed by atoms with Crippen LogP contribution in [0.25, 0.3) is 10.9 Å². The lowest BCUT2D eigenvalue weighted by atomic mass is 10.2. The highest BCUT2D eigenvalue weighted by Crippen LogP contribution is 2.26. The zero-order valence-electron chi connectivity index (χ0n) is 12.1. The monoisotopic (exact) mass is 334 g/mol. The second-order valence-corrected chi connectivity index (χ2v) is 5.34. The molecule has 0 bridgehead atoms. The highest BCUT2D eigenvalue weighted by atomic mass is 35.5. The number of methoxy groups -OCH3 is 1. The Morgan fingerprint density at radius 2 is 2.13 bits per heavy atom. The van der Waals surface area contributed by atoms with Gasteiger partial charge in [0.1, 0.15) is 11.6 Å². The van der Waals surface area contributed by atoms with Crippen LogP contribution in [0.3, 0.4) is 0 Å². The molecule has 0 spiro atoms. The average molecular weight is 335 g/mol. The highest BCUT2D eigenvalue weighted by molar-refractivity contribution is 6.31. The number of aromatic carboxylic acids is 1. The maximum Gasteiger partial charge on any atom is 0.357 e. The number of carboxylic acids is 1. The predicted molar refractivity (Wildman–Crippen MR) is 83.8 cm³/mol. The normalized spacial score (nSPS) is 10.9. The van der Waals surface area contributed by atoms with E-state index >= 15 is 0 Å². The number of benzene rings is 2. The van der Waals surface area contributed by atoms with Crippen molar-refractivity contribution in [1.29, 1.82) is 0 Å². The molecule has 0 aliphatic carbocycles. The molecule has 0 saturated carbocycles. The number of ether oxygens (including phenoxy) is 1. The van der Waals surface area contributed by atoms with Crippen molar-refractivity contribution in [3.8, 4) is 5.75 Å². The molecule has 0 aliphatic heterocycles. The Morgan fingerprint density at radius 3 is 2.78 bits per heavy atom. The van der Waals surface area contributed by atoms with Gasteiger partial charge in [0.2, 0.25) is 0 Å². The van der Waals surface area contributed by atoms with Gasteiger partial charge in [0.25, 0.3) is 0 Å². The van der Waals surface area contributed by atoms with Crippen molar-refractivity contribution >= 4 is 28.5 Å². The SMILES string of the molecule is COc1ccc2c(C(=O)O)nn(Cc3ccc(F)cc3Cl)c2c1. The van der Waals surface area contributed by atoms with Gasteiger partial charge in [0.05, 0.1) is 19.2 Å². The van der Waals surface area contributed by atoms with Crippen LogP contribution in [0, 0.1) is 5.82 Å². The van der Waals surface area contributed by atoms with Crippen LogP contribution in [0.4, 0.5) is 4.39 Å². The van der Waals surface area contributed by atoms with E-state index in [4.69, 9.17) is 16.3 Å². The fourth-order valence-corrected chi connectivity index (χ4v) is 2.60. The topological polar surface area (TPSA) is 64.3 Å². The lowest BCUT2D eigenvalue weighted by Gasteiger charge is -2.07. The van der Waals surface area contributed by atoms with E-state index < -0.39 is 11.8 Å². The molecule has 0 saturated heterocycles. The van der Waals surface area contributed by atoms with Crippen molar-refractivity contribution in [2.45, 2.75) is 6.54 Å². The zero-order chi connectivity index (χ0) is 16.6. The summed E-state index contributed by atoms with van der Waals surface area (Å²) in [4.78, 5) is 11.4. The summed E-state index contributed by atoms with van der Waals surface area (Å²) in [5.74, 6) is -0.970. The number of carboxylic acid groups (broad SMARTS) is 1. The molecule has 2 aromatic carbocycles. The van der Waals surface area contributed by atoms with E-state index in [2.05, 4.69) is 5.10 Å². The quantitative estimate of drug-likeness (QED) is 0.792. The van der Waals surface area contributed by atoms with E-state index in [1.165, 1.54) is 23.9 Å². The number of hydrogen-bond acceptors (Lipinski definition) is 3. The Hall–Kier alpha value is -2.60. The molecule has 0 aliphatic rings. The van der Waals surface area contributed by atoms with Crippen LogP contribution in [0.2, 0.25) is 5.02 Å². The molecule has 1 N–H and O–H groups in total. The lowest BCUT2D eigenvalue weighted by molar-refractivity contribution is 0.0691. The van der Waals surface area contributed by atoms with Gasteiger partial charge >= 0.3 is 5.97 Å². The summed E-state index contributed by atoms with van der Waals surface area (Å²) < 4.78 is 19.8. The van der Waals surface area contributed by atoms with Crippen LogP contribution in [-0.4, -0.2) is 28.0 Å². The van der Waals surface area contributed by atoms with Gasteiger partial charge in [-0.3, -0.25) is 4.68 Å². The van der Waals surface area contributed by atoms with Gasteiger partial charge in [-0.1, -0.05) is 17.7 Å². The Morgan fingerprint density at radius 1 is 1.35 bits per heavy atom. The first-order valence-corrected chi connectivity index (χ1v) is 7.09. The number of carbonyl (C=O) groups is 1. The Labute approximate surface area is 135 Å². The van der Waals surface area contributed by atoms with E-state index in [-0.39, 0.29) is 17.3 Å². The van der Waals surface area contributed by atoms with Gasteiger partial charge in [-0.15, -0.1) is 0 Å². The highest BCUT2D eigenvalue weighted by Gasteiger charge is 2.17. The minimum absolute atomic E-state index is 0.0547. The summed E-state index contributed by atoms with van der Waals surface area (Å²) in [5.41, 5.74) is 1.18. The van der Waals surface area contributed by atoms with Crippen molar-refractivity contribution in [2.75, 3.05) is 7.11 Å². The van der Waals surface area contributed by atoms with E-state index in [1.54, 1.807) is 24.3 Å². The van der Waals surface area contributed by atoms with Gasteiger partial charge in [0.15, 0.2) is 5.69 Å². The molecule has 0 radical (unpaired) electrons. The molecule has 7 heteroatoms. The first kappa shape index (κ1) is 15.3. The minimum Gasteiger partial charge on any atom is -0.497 e. The molecule has 1 aromatic heterocycles. The van der Waals surface area contributed by atoms with E-state index in [9.17, 15) is 14.3 Å². The summed E-state index contributed by atoms with van der Waals surface area (Å²) in [6.07, 6.45) is 0. The van der Waals surface area contributed by atoms with Crippen LogP contribution in [-0.2, 0) is 6.54 Å². The number of nitrogens with zero attached hydrogens (tertiary/aromatic N) is 2.